The summed E-state index contributed by atoms with van der Waals surface area (Å²) in [4.78, 5) is 12.1. The Labute approximate surface area is 111 Å². The summed E-state index contributed by atoms with van der Waals surface area (Å²) in [6.07, 6.45) is 0. The van der Waals surface area contributed by atoms with Crippen LogP contribution < -0.4 is 11.1 Å². The second-order valence-corrected chi connectivity index (χ2v) is 4.42. The predicted molar refractivity (Wildman–Crippen MR) is 75.0 cm³/mol. The molecule has 0 atom stereocenters. The molecular formula is C14H13ClN2O. The van der Waals surface area contributed by atoms with E-state index in [-0.39, 0.29) is 5.91 Å². The van der Waals surface area contributed by atoms with Crippen LogP contribution >= 0.6 is 11.6 Å². The van der Waals surface area contributed by atoms with Gasteiger partial charge in [0.1, 0.15) is 0 Å². The van der Waals surface area contributed by atoms with Crippen LogP contribution in [-0.4, -0.2) is 5.91 Å². The zero-order valence-electron chi connectivity index (χ0n) is 9.91. The van der Waals surface area contributed by atoms with E-state index in [2.05, 4.69) is 5.32 Å². The highest BCUT2D eigenvalue weighted by Crippen LogP contribution is 2.21. The first-order valence-corrected chi connectivity index (χ1v) is 5.88. The van der Waals surface area contributed by atoms with Crippen LogP contribution in [0.5, 0.6) is 0 Å². The minimum atomic E-state index is -0.241. The number of hydrogen-bond donors (Lipinski definition) is 2. The number of hydrogen-bond acceptors (Lipinski definition) is 2. The van der Waals surface area contributed by atoms with Crippen molar-refractivity contribution in [2.75, 3.05) is 11.1 Å². The van der Waals surface area contributed by atoms with Crippen LogP contribution in [-0.2, 0) is 0 Å². The standard InChI is InChI=1S/C14H13ClN2O/c1-9-6-7-10(16)8-13(9)17-14(18)11-4-2-3-5-12(11)15/h2-8H,16H2,1H3,(H,17,18). The number of aryl methyl sites for hydroxylation is 1. The lowest BCUT2D eigenvalue weighted by atomic mass is 10.1. The van der Waals surface area contributed by atoms with Crippen LogP contribution in [0.2, 0.25) is 5.02 Å². The summed E-state index contributed by atoms with van der Waals surface area (Å²) in [5.74, 6) is -0.241. The molecule has 0 saturated carbocycles. The summed E-state index contributed by atoms with van der Waals surface area (Å²) in [6.45, 7) is 1.90. The van der Waals surface area contributed by atoms with E-state index in [0.29, 0.717) is 22.0 Å². The van der Waals surface area contributed by atoms with Crippen LogP contribution in [0.4, 0.5) is 11.4 Å². The summed E-state index contributed by atoms with van der Waals surface area (Å²) < 4.78 is 0. The van der Waals surface area contributed by atoms with Gasteiger partial charge < -0.3 is 11.1 Å². The van der Waals surface area contributed by atoms with Crippen molar-refractivity contribution < 1.29 is 4.79 Å². The molecule has 92 valence electrons. The van der Waals surface area contributed by atoms with Crippen molar-refractivity contribution in [3.63, 3.8) is 0 Å². The van der Waals surface area contributed by atoms with E-state index < -0.39 is 0 Å². The number of anilines is 2. The van der Waals surface area contributed by atoms with E-state index in [1.807, 2.05) is 13.0 Å². The van der Waals surface area contributed by atoms with Crippen LogP contribution in [0, 0.1) is 6.92 Å². The molecule has 0 radical (unpaired) electrons. The fraction of sp³-hybridized carbons (Fsp3) is 0.0714. The number of nitrogens with two attached hydrogens (primary N) is 1. The third kappa shape index (κ3) is 2.63. The molecule has 0 saturated heterocycles. The third-order valence-electron chi connectivity index (χ3n) is 2.63. The Hall–Kier alpha value is -2.00. The number of carbonyl (C=O) groups excluding carboxylic acids is 1. The fourth-order valence-electron chi connectivity index (χ4n) is 1.61. The lowest BCUT2D eigenvalue weighted by Crippen LogP contribution is -2.13. The number of amides is 1. The van der Waals surface area contributed by atoms with Crippen molar-refractivity contribution in [1.29, 1.82) is 0 Å². The molecule has 0 heterocycles. The van der Waals surface area contributed by atoms with Gasteiger partial charge in [-0.2, -0.15) is 0 Å². The molecule has 0 unspecified atom stereocenters. The van der Waals surface area contributed by atoms with Crippen molar-refractivity contribution >= 4 is 28.9 Å². The second kappa shape index (κ2) is 5.10. The molecule has 2 rings (SSSR count). The van der Waals surface area contributed by atoms with Crippen molar-refractivity contribution in [3.05, 3.63) is 58.6 Å². The smallest absolute Gasteiger partial charge is 0.257 e. The Kier molecular flexibility index (Phi) is 3.53. The molecule has 4 heteroatoms. The van der Waals surface area contributed by atoms with Gasteiger partial charge >= 0.3 is 0 Å². The number of benzene rings is 2. The molecular weight excluding hydrogens is 248 g/mol. The normalized spacial score (nSPS) is 10.1. The minimum Gasteiger partial charge on any atom is -0.399 e. The van der Waals surface area contributed by atoms with Gasteiger partial charge in [0.15, 0.2) is 0 Å². The van der Waals surface area contributed by atoms with Gasteiger partial charge in [-0.1, -0.05) is 29.8 Å². The SMILES string of the molecule is Cc1ccc(N)cc1NC(=O)c1ccccc1Cl. The van der Waals surface area contributed by atoms with E-state index in [1.54, 1.807) is 36.4 Å². The Morgan fingerprint density at radius 2 is 1.94 bits per heavy atom. The van der Waals surface area contributed by atoms with Crippen LogP contribution in [0.25, 0.3) is 0 Å². The average Bonchev–Trinajstić information content (AvgIpc) is 2.34. The zero-order valence-corrected chi connectivity index (χ0v) is 10.7. The Morgan fingerprint density at radius 1 is 1.22 bits per heavy atom. The van der Waals surface area contributed by atoms with Gasteiger partial charge in [-0.25, -0.2) is 0 Å². The summed E-state index contributed by atoms with van der Waals surface area (Å²) in [5.41, 5.74) is 8.39. The summed E-state index contributed by atoms with van der Waals surface area (Å²) in [5, 5.41) is 3.23. The monoisotopic (exact) mass is 260 g/mol. The first-order valence-electron chi connectivity index (χ1n) is 5.50. The molecule has 0 bridgehead atoms. The highest BCUT2D eigenvalue weighted by Gasteiger charge is 2.10. The molecule has 3 nitrogen and oxygen atoms in total. The highest BCUT2D eigenvalue weighted by atomic mass is 35.5. The number of rotatable bonds is 2. The quantitative estimate of drug-likeness (QED) is 0.812. The van der Waals surface area contributed by atoms with Gasteiger partial charge in [0.2, 0.25) is 0 Å². The second-order valence-electron chi connectivity index (χ2n) is 4.01. The average molecular weight is 261 g/mol. The highest BCUT2D eigenvalue weighted by molar-refractivity contribution is 6.34. The van der Waals surface area contributed by atoms with Crippen molar-refractivity contribution in [1.82, 2.24) is 0 Å². The Balaban J connectivity index is 2.27. The number of carbonyl (C=O) groups is 1. The van der Waals surface area contributed by atoms with Crippen LogP contribution in [0.15, 0.2) is 42.5 Å². The molecule has 2 aromatic rings. The molecule has 0 aromatic heterocycles. The lowest BCUT2D eigenvalue weighted by Gasteiger charge is -2.10. The van der Waals surface area contributed by atoms with E-state index in [9.17, 15) is 4.79 Å². The maximum Gasteiger partial charge on any atom is 0.257 e. The molecule has 2 aromatic carbocycles. The molecule has 18 heavy (non-hydrogen) atoms. The molecule has 0 aliphatic rings. The third-order valence-corrected chi connectivity index (χ3v) is 2.96. The Morgan fingerprint density at radius 3 is 2.67 bits per heavy atom. The van der Waals surface area contributed by atoms with Crippen molar-refractivity contribution in [2.24, 2.45) is 0 Å². The maximum absolute atomic E-state index is 12.1. The molecule has 1 amide bonds. The fourth-order valence-corrected chi connectivity index (χ4v) is 1.83. The van der Waals surface area contributed by atoms with E-state index in [0.717, 1.165) is 5.56 Å². The van der Waals surface area contributed by atoms with Crippen molar-refractivity contribution in [3.8, 4) is 0 Å². The first kappa shape index (κ1) is 12.5. The van der Waals surface area contributed by atoms with Crippen LogP contribution in [0.3, 0.4) is 0 Å². The van der Waals surface area contributed by atoms with Gasteiger partial charge in [0, 0.05) is 11.4 Å². The first-order chi connectivity index (χ1) is 8.58. The number of nitrogens with one attached hydrogen (secondary N) is 1. The lowest BCUT2D eigenvalue weighted by molar-refractivity contribution is 0.102. The van der Waals surface area contributed by atoms with Gasteiger partial charge in [-0.3, -0.25) is 4.79 Å². The molecule has 0 aliphatic heterocycles. The topological polar surface area (TPSA) is 55.1 Å². The largest absolute Gasteiger partial charge is 0.399 e. The van der Waals surface area contributed by atoms with E-state index in [1.165, 1.54) is 0 Å². The number of halogens is 1. The molecule has 3 N–H and O–H groups in total. The number of nitrogen functional groups attached to an aromatic ring is 1. The van der Waals surface area contributed by atoms with E-state index >= 15 is 0 Å². The summed E-state index contributed by atoms with van der Waals surface area (Å²) in [6, 6.07) is 12.3. The van der Waals surface area contributed by atoms with Gasteiger partial charge in [-0.15, -0.1) is 0 Å². The van der Waals surface area contributed by atoms with Gasteiger partial charge in [0.05, 0.1) is 10.6 Å². The summed E-state index contributed by atoms with van der Waals surface area (Å²) >= 11 is 5.97. The molecule has 0 aliphatic carbocycles. The van der Waals surface area contributed by atoms with Gasteiger partial charge in [0.25, 0.3) is 5.91 Å². The van der Waals surface area contributed by atoms with E-state index in [4.69, 9.17) is 17.3 Å². The Bertz CT molecular complexity index is 596. The van der Waals surface area contributed by atoms with Gasteiger partial charge in [-0.05, 0) is 36.8 Å². The van der Waals surface area contributed by atoms with Crippen molar-refractivity contribution in [2.45, 2.75) is 6.92 Å². The maximum atomic E-state index is 12.1. The summed E-state index contributed by atoms with van der Waals surface area (Å²) in [7, 11) is 0. The molecule has 0 fully saturated rings. The van der Waals surface area contributed by atoms with Crippen LogP contribution in [0.1, 0.15) is 15.9 Å². The minimum absolute atomic E-state index is 0.241. The predicted octanol–water partition coefficient (Wildman–Crippen LogP) is 3.48. The zero-order chi connectivity index (χ0) is 13.1. The molecule has 0 spiro atoms.